The molecular weight excluding hydrogens is 176 g/mol. The largest absolute Gasteiger partial charge is 0.342 e. The molecule has 3 nitrogen and oxygen atoms in total. The maximum Gasteiger partial charge on any atom is 0.236 e. The third kappa shape index (κ3) is 4.09. The Balaban J connectivity index is 2.13. The SMILES string of the molecule is CC(C)CNCC(=O)N1CCCCC1. The molecule has 14 heavy (non-hydrogen) atoms. The zero-order valence-electron chi connectivity index (χ0n) is 9.38. The van der Waals surface area contributed by atoms with Gasteiger partial charge in [-0.2, -0.15) is 0 Å². The van der Waals surface area contributed by atoms with Gasteiger partial charge in [-0.3, -0.25) is 4.79 Å². The number of nitrogens with one attached hydrogen (secondary N) is 1. The summed E-state index contributed by atoms with van der Waals surface area (Å²) in [5, 5.41) is 3.19. The van der Waals surface area contributed by atoms with Gasteiger partial charge in [-0.15, -0.1) is 0 Å². The van der Waals surface area contributed by atoms with Gasteiger partial charge in [0.2, 0.25) is 5.91 Å². The Labute approximate surface area is 86.9 Å². The minimum Gasteiger partial charge on any atom is -0.342 e. The van der Waals surface area contributed by atoms with Gasteiger partial charge in [-0.25, -0.2) is 0 Å². The number of carbonyl (C=O) groups excluding carboxylic acids is 1. The average molecular weight is 198 g/mol. The first-order valence-electron chi connectivity index (χ1n) is 5.68. The fraction of sp³-hybridized carbons (Fsp3) is 0.909. The van der Waals surface area contributed by atoms with E-state index in [-0.39, 0.29) is 5.91 Å². The third-order valence-electron chi connectivity index (χ3n) is 2.54. The van der Waals surface area contributed by atoms with Gasteiger partial charge in [0.25, 0.3) is 0 Å². The number of nitrogens with zero attached hydrogens (tertiary/aromatic N) is 1. The highest BCUT2D eigenvalue weighted by molar-refractivity contribution is 5.78. The van der Waals surface area contributed by atoms with Crippen LogP contribution in [0.4, 0.5) is 0 Å². The average Bonchev–Trinajstić information content (AvgIpc) is 2.18. The van der Waals surface area contributed by atoms with Gasteiger partial charge >= 0.3 is 0 Å². The highest BCUT2D eigenvalue weighted by Gasteiger charge is 2.15. The summed E-state index contributed by atoms with van der Waals surface area (Å²) in [5.41, 5.74) is 0. The van der Waals surface area contributed by atoms with Gasteiger partial charge in [0.05, 0.1) is 6.54 Å². The van der Waals surface area contributed by atoms with Crippen LogP contribution in [0, 0.1) is 5.92 Å². The molecular formula is C11H22N2O. The van der Waals surface area contributed by atoms with E-state index < -0.39 is 0 Å². The van der Waals surface area contributed by atoms with Crippen LogP contribution in [0.1, 0.15) is 33.1 Å². The minimum absolute atomic E-state index is 0.269. The van der Waals surface area contributed by atoms with E-state index in [4.69, 9.17) is 0 Å². The van der Waals surface area contributed by atoms with Crippen LogP contribution in [-0.2, 0) is 4.79 Å². The van der Waals surface area contributed by atoms with E-state index in [1.54, 1.807) is 0 Å². The maximum atomic E-state index is 11.6. The first kappa shape index (κ1) is 11.5. The Morgan fingerprint density at radius 3 is 2.50 bits per heavy atom. The first-order valence-corrected chi connectivity index (χ1v) is 5.68. The molecule has 0 aliphatic carbocycles. The maximum absolute atomic E-state index is 11.6. The van der Waals surface area contributed by atoms with Crippen molar-refractivity contribution in [3.63, 3.8) is 0 Å². The molecule has 0 aromatic heterocycles. The predicted octanol–water partition coefficient (Wildman–Crippen LogP) is 1.24. The smallest absolute Gasteiger partial charge is 0.236 e. The van der Waals surface area contributed by atoms with E-state index >= 15 is 0 Å². The van der Waals surface area contributed by atoms with Crippen LogP contribution in [-0.4, -0.2) is 37.0 Å². The van der Waals surface area contributed by atoms with Crippen LogP contribution in [0.15, 0.2) is 0 Å². The van der Waals surface area contributed by atoms with Crippen molar-refractivity contribution in [2.45, 2.75) is 33.1 Å². The molecule has 0 bridgehead atoms. The number of hydrogen-bond donors (Lipinski definition) is 1. The molecule has 1 rings (SSSR count). The van der Waals surface area contributed by atoms with Gasteiger partial charge in [-0.1, -0.05) is 13.8 Å². The molecule has 1 aliphatic rings. The van der Waals surface area contributed by atoms with E-state index in [2.05, 4.69) is 19.2 Å². The van der Waals surface area contributed by atoms with E-state index in [1.165, 1.54) is 19.3 Å². The summed E-state index contributed by atoms with van der Waals surface area (Å²) < 4.78 is 0. The summed E-state index contributed by atoms with van der Waals surface area (Å²) in [4.78, 5) is 13.6. The second-order valence-electron chi connectivity index (χ2n) is 4.47. The topological polar surface area (TPSA) is 32.3 Å². The molecule has 1 heterocycles. The first-order chi connectivity index (χ1) is 6.70. The normalized spacial score (nSPS) is 17.5. The van der Waals surface area contributed by atoms with Crippen molar-refractivity contribution >= 4 is 5.91 Å². The number of piperidine rings is 1. The van der Waals surface area contributed by atoms with Crippen molar-refractivity contribution in [2.75, 3.05) is 26.2 Å². The van der Waals surface area contributed by atoms with Crippen molar-refractivity contribution in [3.8, 4) is 0 Å². The Bertz CT molecular complexity index is 174. The zero-order valence-corrected chi connectivity index (χ0v) is 9.38. The fourth-order valence-corrected chi connectivity index (χ4v) is 1.72. The van der Waals surface area contributed by atoms with Crippen LogP contribution in [0.25, 0.3) is 0 Å². The Kier molecular flexibility index (Phi) is 4.94. The van der Waals surface area contributed by atoms with E-state index in [9.17, 15) is 4.79 Å². The minimum atomic E-state index is 0.269. The fourth-order valence-electron chi connectivity index (χ4n) is 1.72. The van der Waals surface area contributed by atoms with Gasteiger partial charge in [0, 0.05) is 13.1 Å². The molecule has 0 atom stereocenters. The quantitative estimate of drug-likeness (QED) is 0.737. The molecule has 3 heteroatoms. The molecule has 0 aromatic carbocycles. The molecule has 1 N–H and O–H groups in total. The molecule has 0 spiro atoms. The van der Waals surface area contributed by atoms with Crippen molar-refractivity contribution in [1.82, 2.24) is 10.2 Å². The molecule has 0 saturated carbocycles. The van der Waals surface area contributed by atoms with Crippen molar-refractivity contribution < 1.29 is 4.79 Å². The summed E-state index contributed by atoms with van der Waals surface area (Å²) in [6, 6.07) is 0. The summed E-state index contributed by atoms with van der Waals surface area (Å²) in [5.74, 6) is 0.884. The summed E-state index contributed by atoms with van der Waals surface area (Å²) in [6.07, 6.45) is 3.63. The molecule has 1 saturated heterocycles. The van der Waals surface area contributed by atoms with Crippen molar-refractivity contribution in [3.05, 3.63) is 0 Å². The van der Waals surface area contributed by atoms with Gasteiger partial charge in [0.1, 0.15) is 0 Å². The standard InChI is InChI=1S/C11H22N2O/c1-10(2)8-12-9-11(14)13-6-4-3-5-7-13/h10,12H,3-9H2,1-2H3. The second-order valence-corrected chi connectivity index (χ2v) is 4.47. The van der Waals surface area contributed by atoms with Gasteiger partial charge < -0.3 is 10.2 Å². The molecule has 82 valence electrons. The molecule has 0 unspecified atom stereocenters. The highest BCUT2D eigenvalue weighted by Crippen LogP contribution is 2.08. The highest BCUT2D eigenvalue weighted by atomic mass is 16.2. The van der Waals surface area contributed by atoms with Gasteiger partial charge in [-0.05, 0) is 31.7 Å². The summed E-state index contributed by atoms with van der Waals surface area (Å²) in [6.45, 7) is 7.67. The summed E-state index contributed by atoms with van der Waals surface area (Å²) >= 11 is 0. The third-order valence-corrected chi connectivity index (χ3v) is 2.54. The van der Waals surface area contributed by atoms with E-state index in [0.29, 0.717) is 12.5 Å². The van der Waals surface area contributed by atoms with Crippen molar-refractivity contribution in [1.29, 1.82) is 0 Å². The van der Waals surface area contributed by atoms with Crippen LogP contribution >= 0.6 is 0 Å². The Hall–Kier alpha value is -0.570. The number of carbonyl (C=O) groups is 1. The lowest BCUT2D eigenvalue weighted by Crippen LogP contribution is -2.41. The van der Waals surface area contributed by atoms with Crippen LogP contribution in [0.3, 0.4) is 0 Å². The second kappa shape index (κ2) is 6.02. The monoisotopic (exact) mass is 198 g/mol. The molecule has 0 radical (unpaired) electrons. The molecule has 1 fully saturated rings. The number of likely N-dealkylation sites (tertiary alicyclic amines) is 1. The Morgan fingerprint density at radius 1 is 1.29 bits per heavy atom. The zero-order chi connectivity index (χ0) is 10.4. The van der Waals surface area contributed by atoms with Crippen LogP contribution in [0.5, 0.6) is 0 Å². The molecule has 0 aromatic rings. The molecule has 1 aliphatic heterocycles. The number of amides is 1. The lowest BCUT2D eigenvalue weighted by atomic mass is 10.1. The Morgan fingerprint density at radius 2 is 1.93 bits per heavy atom. The molecule has 1 amide bonds. The lowest BCUT2D eigenvalue weighted by molar-refractivity contribution is -0.131. The van der Waals surface area contributed by atoms with Crippen molar-refractivity contribution in [2.24, 2.45) is 5.92 Å². The number of hydrogen-bond acceptors (Lipinski definition) is 2. The number of rotatable bonds is 4. The van der Waals surface area contributed by atoms with E-state index in [0.717, 1.165) is 19.6 Å². The predicted molar refractivity (Wildman–Crippen MR) is 58.1 cm³/mol. The summed E-state index contributed by atoms with van der Waals surface area (Å²) in [7, 11) is 0. The van der Waals surface area contributed by atoms with E-state index in [1.807, 2.05) is 4.90 Å². The van der Waals surface area contributed by atoms with Crippen LogP contribution in [0.2, 0.25) is 0 Å². The lowest BCUT2D eigenvalue weighted by Gasteiger charge is -2.26. The van der Waals surface area contributed by atoms with Gasteiger partial charge in [0.15, 0.2) is 0 Å². The van der Waals surface area contributed by atoms with Crippen LogP contribution < -0.4 is 5.32 Å².